The lowest BCUT2D eigenvalue weighted by molar-refractivity contribution is 0.0730. The number of rotatable bonds is 4. The standard InChI is InChI=1S/C17H18N2OS/c20-17(14-1-4-16-13(9-14)5-7-18-16)19(15-2-3-15)10-12-6-8-21-11-12/h1,4,6,8-9,11,15,18H,2-3,5,7,10H2. The molecule has 108 valence electrons. The molecule has 1 aliphatic heterocycles. The summed E-state index contributed by atoms with van der Waals surface area (Å²) < 4.78 is 0. The van der Waals surface area contributed by atoms with Crippen molar-refractivity contribution < 1.29 is 4.79 Å². The lowest BCUT2D eigenvalue weighted by Gasteiger charge is -2.22. The quantitative estimate of drug-likeness (QED) is 0.936. The number of hydrogen-bond donors (Lipinski definition) is 1. The van der Waals surface area contributed by atoms with Crippen molar-refractivity contribution in [3.8, 4) is 0 Å². The first-order valence-electron chi connectivity index (χ1n) is 7.50. The van der Waals surface area contributed by atoms with Crippen LogP contribution < -0.4 is 5.32 Å². The zero-order chi connectivity index (χ0) is 14.2. The van der Waals surface area contributed by atoms with Crippen LogP contribution in [0, 0.1) is 0 Å². The van der Waals surface area contributed by atoms with E-state index < -0.39 is 0 Å². The fourth-order valence-electron chi connectivity index (χ4n) is 2.94. The molecule has 0 bridgehead atoms. The zero-order valence-electron chi connectivity index (χ0n) is 11.8. The van der Waals surface area contributed by atoms with Crippen molar-refractivity contribution in [1.29, 1.82) is 0 Å². The predicted octanol–water partition coefficient (Wildman–Crippen LogP) is 3.52. The van der Waals surface area contributed by atoms with Gasteiger partial charge in [-0.05, 0) is 65.4 Å². The van der Waals surface area contributed by atoms with Crippen LogP contribution in [0.2, 0.25) is 0 Å². The molecule has 2 aliphatic rings. The van der Waals surface area contributed by atoms with Crippen molar-refractivity contribution in [2.75, 3.05) is 11.9 Å². The van der Waals surface area contributed by atoms with E-state index in [1.54, 1.807) is 11.3 Å². The van der Waals surface area contributed by atoms with Gasteiger partial charge in [0.15, 0.2) is 0 Å². The Morgan fingerprint density at radius 2 is 2.24 bits per heavy atom. The van der Waals surface area contributed by atoms with Crippen LogP contribution in [-0.2, 0) is 13.0 Å². The van der Waals surface area contributed by atoms with Crippen LogP contribution in [0.15, 0.2) is 35.0 Å². The summed E-state index contributed by atoms with van der Waals surface area (Å²) in [7, 11) is 0. The maximum absolute atomic E-state index is 12.9. The summed E-state index contributed by atoms with van der Waals surface area (Å²) >= 11 is 1.69. The number of nitrogens with one attached hydrogen (secondary N) is 1. The third-order valence-corrected chi connectivity index (χ3v) is 4.98. The maximum atomic E-state index is 12.9. The summed E-state index contributed by atoms with van der Waals surface area (Å²) in [6.45, 7) is 1.72. The first-order chi connectivity index (χ1) is 10.3. The van der Waals surface area contributed by atoms with Gasteiger partial charge in [0.1, 0.15) is 0 Å². The molecule has 21 heavy (non-hydrogen) atoms. The van der Waals surface area contributed by atoms with Crippen molar-refractivity contribution >= 4 is 22.9 Å². The SMILES string of the molecule is O=C(c1ccc2c(c1)CCN2)N(Cc1ccsc1)C1CC1. The molecule has 0 radical (unpaired) electrons. The number of fused-ring (bicyclic) bond motifs is 1. The van der Waals surface area contributed by atoms with E-state index in [9.17, 15) is 4.79 Å². The molecule has 1 fully saturated rings. The van der Waals surface area contributed by atoms with Crippen LogP contribution in [0.4, 0.5) is 5.69 Å². The summed E-state index contributed by atoms with van der Waals surface area (Å²) in [4.78, 5) is 14.9. The highest BCUT2D eigenvalue weighted by Gasteiger charge is 2.33. The fraction of sp³-hybridized carbons (Fsp3) is 0.353. The Kier molecular flexibility index (Phi) is 3.19. The molecule has 0 spiro atoms. The van der Waals surface area contributed by atoms with Gasteiger partial charge < -0.3 is 10.2 Å². The van der Waals surface area contributed by atoms with Gasteiger partial charge in [-0.2, -0.15) is 11.3 Å². The van der Waals surface area contributed by atoms with E-state index in [1.165, 1.54) is 16.8 Å². The maximum Gasteiger partial charge on any atom is 0.254 e. The highest BCUT2D eigenvalue weighted by molar-refractivity contribution is 7.07. The first kappa shape index (κ1) is 12.9. The highest BCUT2D eigenvalue weighted by atomic mass is 32.1. The number of carbonyl (C=O) groups excluding carboxylic acids is 1. The second-order valence-electron chi connectivity index (χ2n) is 5.84. The molecule has 0 unspecified atom stereocenters. The number of carbonyl (C=O) groups is 1. The predicted molar refractivity (Wildman–Crippen MR) is 85.9 cm³/mol. The van der Waals surface area contributed by atoms with Crippen molar-refractivity contribution in [2.24, 2.45) is 0 Å². The van der Waals surface area contributed by atoms with Gasteiger partial charge >= 0.3 is 0 Å². The van der Waals surface area contributed by atoms with Crippen molar-refractivity contribution in [3.63, 3.8) is 0 Å². The number of anilines is 1. The minimum absolute atomic E-state index is 0.179. The Morgan fingerprint density at radius 3 is 3.00 bits per heavy atom. The van der Waals surface area contributed by atoms with Crippen LogP contribution in [0.1, 0.15) is 34.3 Å². The smallest absolute Gasteiger partial charge is 0.254 e. The van der Waals surface area contributed by atoms with Crippen LogP contribution in [-0.4, -0.2) is 23.4 Å². The number of amides is 1. The normalized spacial score (nSPS) is 16.4. The van der Waals surface area contributed by atoms with Gasteiger partial charge in [-0.3, -0.25) is 4.79 Å². The fourth-order valence-corrected chi connectivity index (χ4v) is 3.60. The molecule has 1 aliphatic carbocycles. The lowest BCUT2D eigenvalue weighted by Crippen LogP contribution is -2.32. The number of hydrogen-bond acceptors (Lipinski definition) is 3. The van der Waals surface area contributed by atoms with Gasteiger partial charge in [0, 0.05) is 30.4 Å². The number of benzene rings is 1. The Bertz CT molecular complexity index is 661. The Balaban J connectivity index is 1.59. The molecule has 1 N–H and O–H groups in total. The molecule has 1 amide bonds. The molecule has 4 heteroatoms. The lowest BCUT2D eigenvalue weighted by atomic mass is 10.1. The second kappa shape index (κ2) is 5.19. The Hall–Kier alpha value is -1.81. The number of thiophene rings is 1. The summed E-state index contributed by atoms with van der Waals surface area (Å²) in [6, 6.07) is 8.62. The van der Waals surface area contributed by atoms with Crippen LogP contribution >= 0.6 is 11.3 Å². The van der Waals surface area contributed by atoms with E-state index in [2.05, 4.69) is 28.2 Å². The van der Waals surface area contributed by atoms with Gasteiger partial charge in [0.25, 0.3) is 5.91 Å². The monoisotopic (exact) mass is 298 g/mol. The van der Waals surface area contributed by atoms with Gasteiger partial charge in [-0.1, -0.05) is 0 Å². The van der Waals surface area contributed by atoms with E-state index >= 15 is 0 Å². The largest absolute Gasteiger partial charge is 0.384 e. The topological polar surface area (TPSA) is 32.3 Å². The molecule has 2 heterocycles. The Labute approximate surface area is 128 Å². The molecule has 1 aromatic carbocycles. The van der Waals surface area contributed by atoms with E-state index in [1.807, 2.05) is 17.0 Å². The molecular formula is C17H18N2OS. The third-order valence-electron chi connectivity index (χ3n) is 4.24. The second-order valence-corrected chi connectivity index (χ2v) is 6.62. The Morgan fingerprint density at radius 1 is 1.33 bits per heavy atom. The average molecular weight is 298 g/mol. The summed E-state index contributed by atoms with van der Waals surface area (Å²) in [6.07, 6.45) is 3.30. The third kappa shape index (κ3) is 2.56. The van der Waals surface area contributed by atoms with Crippen LogP contribution in [0.5, 0.6) is 0 Å². The highest BCUT2D eigenvalue weighted by Crippen LogP contribution is 2.31. The first-order valence-corrected chi connectivity index (χ1v) is 8.44. The van der Waals surface area contributed by atoms with Crippen LogP contribution in [0.25, 0.3) is 0 Å². The van der Waals surface area contributed by atoms with Crippen molar-refractivity contribution in [2.45, 2.75) is 31.8 Å². The van der Waals surface area contributed by atoms with Crippen LogP contribution in [0.3, 0.4) is 0 Å². The molecule has 1 saturated carbocycles. The van der Waals surface area contributed by atoms with Gasteiger partial charge in [-0.15, -0.1) is 0 Å². The molecule has 1 aromatic heterocycles. The van der Waals surface area contributed by atoms with E-state index in [-0.39, 0.29) is 5.91 Å². The van der Waals surface area contributed by atoms with E-state index in [0.717, 1.165) is 37.9 Å². The molecule has 0 atom stereocenters. The molecule has 4 rings (SSSR count). The molecule has 0 saturated heterocycles. The van der Waals surface area contributed by atoms with E-state index in [0.29, 0.717) is 6.04 Å². The summed E-state index contributed by atoms with van der Waals surface area (Å²) in [5, 5.41) is 7.55. The van der Waals surface area contributed by atoms with Gasteiger partial charge in [0.2, 0.25) is 0 Å². The zero-order valence-corrected chi connectivity index (χ0v) is 12.7. The average Bonchev–Trinajstić information content (AvgIpc) is 3.02. The molecular weight excluding hydrogens is 280 g/mol. The van der Waals surface area contributed by atoms with E-state index in [4.69, 9.17) is 0 Å². The van der Waals surface area contributed by atoms with Gasteiger partial charge in [-0.25, -0.2) is 0 Å². The summed E-state index contributed by atoms with van der Waals surface area (Å²) in [5.74, 6) is 0.179. The summed E-state index contributed by atoms with van der Waals surface area (Å²) in [5.41, 5.74) is 4.53. The van der Waals surface area contributed by atoms with Crippen molar-refractivity contribution in [3.05, 3.63) is 51.7 Å². The minimum atomic E-state index is 0.179. The minimum Gasteiger partial charge on any atom is -0.384 e. The van der Waals surface area contributed by atoms with Gasteiger partial charge in [0.05, 0.1) is 0 Å². The molecule has 3 nitrogen and oxygen atoms in total. The number of nitrogens with zero attached hydrogens (tertiary/aromatic N) is 1. The molecule has 2 aromatic rings. The van der Waals surface area contributed by atoms with Crippen molar-refractivity contribution in [1.82, 2.24) is 4.90 Å².